The van der Waals surface area contributed by atoms with Gasteiger partial charge in [-0.05, 0) is 6.92 Å². The molecule has 27 heavy (non-hydrogen) atoms. The number of hydrogen-bond donors (Lipinski definition) is 1. The summed E-state index contributed by atoms with van der Waals surface area (Å²) in [6.45, 7) is 2.79. The molecule has 0 bridgehead atoms. The van der Waals surface area contributed by atoms with E-state index in [4.69, 9.17) is 4.74 Å². The van der Waals surface area contributed by atoms with Crippen LogP contribution in [-0.2, 0) is 13.6 Å². The van der Waals surface area contributed by atoms with Crippen LogP contribution < -0.4 is 10.2 Å². The van der Waals surface area contributed by atoms with Gasteiger partial charge in [0.25, 0.3) is 5.91 Å². The van der Waals surface area contributed by atoms with Crippen molar-refractivity contribution in [3.8, 4) is 17.1 Å². The van der Waals surface area contributed by atoms with Crippen molar-refractivity contribution in [3.63, 3.8) is 0 Å². The van der Waals surface area contributed by atoms with Crippen LogP contribution in [0.5, 0.6) is 5.75 Å². The first-order valence-electron chi connectivity index (χ1n) is 8.46. The van der Waals surface area contributed by atoms with E-state index in [9.17, 15) is 9.59 Å². The lowest BCUT2D eigenvalue weighted by Crippen LogP contribution is -2.41. The third-order valence-corrected chi connectivity index (χ3v) is 4.60. The van der Waals surface area contributed by atoms with Crippen molar-refractivity contribution in [2.24, 2.45) is 7.05 Å². The Bertz CT molecular complexity index is 1060. The number of amides is 1. The third kappa shape index (κ3) is 2.88. The molecule has 10 heteroatoms. The second kappa shape index (κ2) is 6.38. The number of fused-ring (bicyclic) bond motifs is 1. The average Bonchev–Trinajstić information content (AvgIpc) is 3.27. The van der Waals surface area contributed by atoms with Gasteiger partial charge in [0.2, 0.25) is 5.43 Å². The molecule has 1 amide bonds. The van der Waals surface area contributed by atoms with Crippen molar-refractivity contribution in [2.75, 3.05) is 13.7 Å². The lowest BCUT2D eigenvalue weighted by atomic mass is 10.2. The maximum Gasteiger partial charge on any atom is 0.270 e. The van der Waals surface area contributed by atoms with Gasteiger partial charge >= 0.3 is 0 Å². The van der Waals surface area contributed by atoms with Crippen molar-refractivity contribution in [1.82, 2.24) is 34.4 Å². The third-order valence-electron chi connectivity index (χ3n) is 4.60. The Hall–Kier alpha value is -3.43. The smallest absolute Gasteiger partial charge is 0.270 e. The van der Waals surface area contributed by atoms with E-state index in [2.05, 4.69) is 20.3 Å². The Morgan fingerprint density at radius 2 is 2.19 bits per heavy atom. The van der Waals surface area contributed by atoms with E-state index in [1.54, 1.807) is 15.8 Å². The highest BCUT2D eigenvalue weighted by atomic mass is 16.5. The fourth-order valence-corrected chi connectivity index (χ4v) is 3.33. The SMILES string of the molecule is COc1c[nH]c(C(=O)N2Cc3nnc(-c4cnn(C)c4)n3[C@@H](C)C2)cc1=O. The maximum absolute atomic E-state index is 12.8. The molecule has 3 aromatic rings. The Labute approximate surface area is 154 Å². The molecule has 3 aromatic heterocycles. The van der Waals surface area contributed by atoms with Gasteiger partial charge < -0.3 is 19.2 Å². The number of aromatic nitrogens is 6. The van der Waals surface area contributed by atoms with Gasteiger partial charge in [-0.1, -0.05) is 0 Å². The molecule has 10 nitrogen and oxygen atoms in total. The summed E-state index contributed by atoms with van der Waals surface area (Å²) in [7, 11) is 3.25. The van der Waals surface area contributed by atoms with Gasteiger partial charge in [-0.2, -0.15) is 5.10 Å². The Morgan fingerprint density at radius 3 is 2.85 bits per heavy atom. The number of carbonyl (C=O) groups is 1. The monoisotopic (exact) mass is 369 g/mol. The highest BCUT2D eigenvalue weighted by molar-refractivity contribution is 5.92. The van der Waals surface area contributed by atoms with Crippen LogP contribution in [0.2, 0.25) is 0 Å². The van der Waals surface area contributed by atoms with Gasteiger partial charge in [0.05, 0.1) is 31.5 Å². The molecule has 0 aliphatic carbocycles. The standard InChI is InChI=1S/C17H19N7O3/c1-10-7-23(17(26)12-4-13(25)14(27-3)6-18-12)9-15-20-21-16(24(10)15)11-5-19-22(2)8-11/h4-6,8,10H,7,9H2,1-3H3,(H,18,25)/t10-/m0/s1. The van der Waals surface area contributed by atoms with Crippen molar-refractivity contribution in [3.05, 3.63) is 46.4 Å². The van der Waals surface area contributed by atoms with E-state index < -0.39 is 0 Å². The van der Waals surface area contributed by atoms with Gasteiger partial charge in [-0.3, -0.25) is 14.3 Å². The van der Waals surface area contributed by atoms with Crippen LogP contribution in [-0.4, -0.2) is 54.0 Å². The van der Waals surface area contributed by atoms with Gasteiger partial charge in [0.1, 0.15) is 5.69 Å². The number of rotatable bonds is 3. The molecule has 140 valence electrons. The van der Waals surface area contributed by atoms with Crippen molar-refractivity contribution < 1.29 is 9.53 Å². The zero-order valence-electron chi connectivity index (χ0n) is 15.2. The highest BCUT2D eigenvalue weighted by Crippen LogP contribution is 2.27. The molecule has 1 aliphatic rings. The van der Waals surface area contributed by atoms with E-state index in [1.165, 1.54) is 19.4 Å². The number of hydrogen-bond acceptors (Lipinski definition) is 6. The molecule has 4 heterocycles. The zero-order valence-corrected chi connectivity index (χ0v) is 15.2. The largest absolute Gasteiger partial charge is 0.491 e. The zero-order chi connectivity index (χ0) is 19.1. The molecule has 1 N–H and O–H groups in total. The summed E-state index contributed by atoms with van der Waals surface area (Å²) in [5.41, 5.74) is 0.752. The Kier molecular flexibility index (Phi) is 4.02. The summed E-state index contributed by atoms with van der Waals surface area (Å²) < 4.78 is 8.67. The number of nitrogens with one attached hydrogen (secondary N) is 1. The minimum absolute atomic E-state index is 0.0205. The molecule has 0 fully saturated rings. The van der Waals surface area contributed by atoms with Gasteiger partial charge in [0.15, 0.2) is 17.4 Å². The summed E-state index contributed by atoms with van der Waals surface area (Å²) in [4.78, 5) is 29.2. The number of carbonyl (C=O) groups excluding carboxylic acids is 1. The molecule has 0 radical (unpaired) electrons. The topological polar surface area (TPSA) is 111 Å². The second-order valence-corrected chi connectivity index (χ2v) is 6.53. The van der Waals surface area contributed by atoms with Crippen LogP contribution in [0.25, 0.3) is 11.4 Å². The van der Waals surface area contributed by atoms with Crippen LogP contribution >= 0.6 is 0 Å². The van der Waals surface area contributed by atoms with Gasteiger partial charge in [-0.15, -0.1) is 10.2 Å². The van der Waals surface area contributed by atoms with E-state index in [-0.39, 0.29) is 28.8 Å². The second-order valence-electron chi connectivity index (χ2n) is 6.53. The molecule has 0 saturated heterocycles. The lowest BCUT2D eigenvalue weighted by molar-refractivity contribution is 0.0676. The summed E-state index contributed by atoms with van der Waals surface area (Å²) in [5.74, 6) is 1.32. The molecule has 0 unspecified atom stereocenters. The minimum Gasteiger partial charge on any atom is -0.491 e. The van der Waals surface area contributed by atoms with Crippen LogP contribution in [0, 0.1) is 0 Å². The maximum atomic E-state index is 12.8. The van der Waals surface area contributed by atoms with Crippen LogP contribution in [0.1, 0.15) is 29.3 Å². The molecular weight excluding hydrogens is 350 g/mol. The fourth-order valence-electron chi connectivity index (χ4n) is 3.33. The highest BCUT2D eigenvalue weighted by Gasteiger charge is 2.30. The normalized spacial score (nSPS) is 16.3. The number of methoxy groups -OCH3 is 1. The number of pyridine rings is 1. The number of aryl methyl sites for hydroxylation is 1. The number of H-pyrrole nitrogens is 1. The molecule has 4 rings (SSSR count). The van der Waals surface area contributed by atoms with Gasteiger partial charge in [-0.25, -0.2) is 0 Å². The predicted molar refractivity (Wildman–Crippen MR) is 95.3 cm³/mol. The average molecular weight is 369 g/mol. The van der Waals surface area contributed by atoms with Crippen LogP contribution in [0.15, 0.2) is 29.5 Å². The van der Waals surface area contributed by atoms with E-state index in [0.717, 1.165) is 11.4 Å². The molecule has 0 aromatic carbocycles. The molecule has 0 saturated carbocycles. The van der Waals surface area contributed by atoms with E-state index in [1.807, 2.05) is 24.7 Å². The quantitative estimate of drug-likeness (QED) is 0.723. The summed E-state index contributed by atoms with van der Waals surface area (Å²) in [6, 6.07) is 1.24. The number of ether oxygens (including phenoxy) is 1. The van der Waals surface area contributed by atoms with Crippen molar-refractivity contribution >= 4 is 5.91 Å². The molecule has 1 atom stereocenters. The van der Waals surface area contributed by atoms with Gasteiger partial charge in [0, 0.05) is 32.1 Å². The summed E-state index contributed by atoms with van der Waals surface area (Å²) >= 11 is 0. The lowest BCUT2D eigenvalue weighted by Gasteiger charge is -2.32. The van der Waals surface area contributed by atoms with Crippen LogP contribution in [0.4, 0.5) is 0 Å². The molecule has 1 aliphatic heterocycles. The first-order chi connectivity index (χ1) is 13.0. The fraction of sp³-hybridized carbons (Fsp3) is 0.353. The molecular formula is C17H19N7O3. The Morgan fingerprint density at radius 1 is 1.37 bits per heavy atom. The van der Waals surface area contributed by atoms with E-state index in [0.29, 0.717) is 18.9 Å². The first-order valence-corrected chi connectivity index (χ1v) is 8.46. The predicted octanol–water partition coefficient (Wildman–Crippen LogP) is 0.592. The van der Waals surface area contributed by atoms with E-state index >= 15 is 0 Å². The first kappa shape index (κ1) is 17.0. The minimum atomic E-state index is -0.341. The molecule has 0 spiro atoms. The van der Waals surface area contributed by atoms with Crippen molar-refractivity contribution in [1.29, 1.82) is 0 Å². The van der Waals surface area contributed by atoms with Crippen LogP contribution in [0.3, 0.4) is 0 Å². The number of nitrogens with zero attached hydrogens (tertiary/aromatic N) is 6. The summed E-state index contributed by atoms with van der Waals surface area (Å²) in [5, 5.41) is 12.7. The summed E-state index contributed by atoms with van der Waals surface area (Å²) in [6.07, 6.45) is 5.01. The Balaban J connectivity index is 1.62. The number of aromatic amines is 1. The van der Waals surface area contributed by atoms with Crippen molar-refractivity contribution in [2.45, 2.75) is 19.5 Å².